The minimum absolute atomic E-state index is 0.0900. The Balaban J connectivity index is 4.49. The van der Waals surface area contributed by atoms with Gasteiger partial charge in [-0.05, 0) is 12.8 Å². The molecule has 0 saturated heterocycles. The molecule has 76 valence electrons. The molecule has 0 fully saturated rings. The third kappa shape index (κ3) is 4.29. The lowest BCUT2D eigenvalue weighted by Crippen LogP contribution is -2.22. The van der Waals surface area contributed by atoms with E-state index in [9.17, 15) is 4.57 Å². The van der Waals surface area contributed by atoms with E-state index in [2.05, 4.69) is 23.8 Å². The summed E-state index contributed by atoms with van der Waals surface area (Å²) in [6, 6.07) is 2.07. The van der Waals surface area contributed by atoms with Crippen molar-refractivity contribution in [3.8, 4) is 6.07 Å². The van der Waals surface area contributed by atoms with E-state index in [1.54, 1.807) is 12.2 Å². The van der Waals surface area contributed by atoms with E-state index < -0.39 is 13.7 Å². The van der Waals surface area contributed by atoms with Crippen molar-refractivity contribution in [3.63, 3.8) is 0 Å². The fourth-order valence-corrected chi connectivity index (χ4v) is 1.41. The highest BCUT2D eigenvalue weighted by molar-refractivity contribution is 7.32. The monoisotopic (exact) mass is 214 g/mol. The first-order valence-corrected chi connectivity index (χ1v) is 5.15. The molecule has 0 heterocycles. The fourth-order valence-electron chi connectivity index (χ4n) is 1.06. The SMILES string of the molecule is C=CCC(C#N)(CC=C)CO[P+](=O)O. The lowest BCUT2D eigenvalue weighted by molar-refractivity contribution is 0.189. The summed E-state index contributed by atoms with van der Waals surface area (Å²) in [4.78, 5) is 8.47. The fraction of sp³-hybridized carbons (Fsp3) is 0.444. The van der Waals surface area contributed by atoms with Crippen LogP contribution in [0.15, 0.2) is 25.3 Å². The van der Waals surface area contributed by atoms with E-state index in [0.717, 1.165) is 0 Å². The Morgan fingerprint density at radius 3 is 2.29 bits per heavy atom. The van der Waals surface area contributed by atoms with Crippen molar-refractivity contribution >= 4 is 8.25 Å². The molecule has 0 bridgehead atoms. The van der Waals surface area contributed by atoms with Crippen LogP contribution in [-0.4, -0.2) is 11.5 Å². The van der Waals surface area contributed by atoms with Crippen molar-refractivity contribution in [1.82, 2.24) is 0 Å². The van der Waals surface area contributed by atoms with E-state index >= 15 is 0 Å². The van der Waals surface area contributed by atoms with Crippen molar-refractivity contribution < 1.29 is 14.0 Å². The van der Waals surface area contributed by atoms with Crippen molar-refractivity contribution in [1.29, 1.82) is 5.26 Å². The highest BCUT2D eigenvalue weighted by Crippen LogP contribution is 2.30. The second-order valence-corrected chi connectivity index (χ2v) is 3.62. The topological polar surface area (TPSA) is 70.3 Å². The molecule has 0 aromatic rings. The maximum atomic E-state index is 10.3. The Bertz CT molecular complexity index is 260. The lowest BCUT2D eigenvalue weighted by Gasteiger charge is -2.19. The Hall–Kier alpha value is -1.01. The summed E-state index contributed by atoms with van der Waals surface area (Å²) in [6.07, 6.45) is 3.97. The van der Waals surface area contributed by atoms with Crippen LogP contribution in [0.2, 0.25) is 0 Å². The van der Waals surface area contributed by atoms with Gasteiger partial charge < -0.3 is 0 Å². The van der Waals surface area contributed by atoms with Crippen LogP contribution in [-0.2, 0) is 9.09 Å². The van der Waals surface area contributed by atoms with E-state index in [4.69, 9.17) is 10.2 Å². The van der Waals surface area contributed by atoms with Crippen molar-refractivity contribution in [3.05, 3.63) is 25.3 Å². The van der Waals surface area contributed by atoms with E-state index in [1.807, 2.05) is 0 Å². The second-order valence-electron chi connectivity index (χ2n) is 2.89. The average Bonchev–Trinajstić information content (AvgIpc) is 2.15. The molecule has 0 radical (unpaired) electrons. The van der Waals surface area contributed by atoms with Gasteiger partial charge in [0.15, 0.2) is 0 Å². The second kappa shape index (κ2) is 6.44. The number of allylic oxidation sites excluding steroid dienone is 2. The average molecular weight is 214 g/mol. The van der Waals surface area contributed by atoms with Gasteiger partial charge in [-0.2, -0.15) is 5.26 Å². The van der Waals surface area contributed by atoms with Crippen molar-refractivity contribution in [2.45, 2.75) is 12.8 Å². The molecular weight excluding hydrogens is 201 g/mol. The molecule has 0 aliphatic rings. The third-order valence-corrected chi connectivity index (χ3v) is 2.11. The molecule has 0 saturated carbocycles. The molecule has 1 N–H and O–H groups in total. The van der Waals surface area contributed by atoms with Gasteiger partial charge in [0.2, 0.25) is 0 Å². The maximum Gasteiger partial charge on any atom is 0.694 e. The van der Waals surface area contributed by atoms with Gasteiger partial charge in [0, 0.05) is 4.57 Å². The predicted molar refractivity (Wildman–Crippen MR) is 53.5 cm³/mol. The van der Waals surface area contributed by atoms with Gasteiger partial charge in [-0.3, -0.25) is 0 Å². The molecule has 1 unspecified atom stereocenters. The molecule has 0 aliphatic heterocycles. The molecule has 0 amide bonds. The van der Waals surface area contributed by atoms with Crippen LogP contribution >= 0.6 is 8.25 Å². The van der Waals surface area contributed by atoms with Crippen LogP contribution < -0.4 is 0 Å². The molecule has 0 aliphatic carbocycles. The molecular formula is C9H13NO3P+. The molecule has 0 aromatic carbocycles. The van der Waals surface area contributed by atoms with Crippen LogP contribution in [0.25, 0.3) is 0 Å². The van der Waals surface area contributed by atoms with Crippen molar-refractivity contribution in [2.24, 2.45) is 5.41 Å². The van der Waals surface area contributed by atoms with Gasteiger partial charge in [0.05, 0.1) is 11.5 Å². The normalized spacial score (nSPS) is 11.6. The first kappa shape index (κ1) is 13.0. The van der Waals surface area contributed by atoms with Gasteiger partial charge in [-0.15, -0.1) is 22.6 Å². The highest BCUT2D eigenvalue weighted by atomic mass is 31.1. The molecule has 14 heavy (non-hydrogen) atoms. The summed E-state index contributed by atoms with van der Waals surface area (Å²) in [5.74, 6) is 0. The quantitative estimate of drug-likeness (QED) is 0.521. The summed E-state index contributed by atoms with van der Waals surface area (Å²) in [7, 11) is -2.66. The van der Waals surface area contributed by atoms with E-state index in [-0.39, 0.29) is 6.61 Å². The highest BCUT2D eigenvalue weighted by Gasteiger charge is 2.32. The summed E-state index contributed by atoms with van der Waals surface area (Å²) in [6.45, 7) is 6.96. The Labute approximate surface area is 84.5 Å². The molecule has 1 atom stereocenters. The maximum absolute atomic E-state index is 10.3. The van der Waals surface area contributed by atoms with Crippen LogP contribution in [0.4, 0.5) is 0 Å². The number of hydrogen-bond donors (Lipinski definition) is 1. The number of nitrogens with zero attached hydrogens (tertiary/aromatic N) is 1. The number of rotatable bonds is 7. The molecule has 0 spiro atoms. The number of nitriles is 1. The minimum atomic E-state index is -2.66. The van der Waals surface area contributed by atoms with Crippen LogP contribution in [0, 0.1) is 16.7 Å². The zero-order valence-electron chi connectivity index (χ0n) is 7.85. The van der Waals surface area contributed by atoms with Crippen LogP contribution in [0.1, 0.15) is 12.8 Å². The van der Waals surface area contributed by atoms with Gasteiger partial charge in [-0.25, -0.2) is 0 Å². The molecule has 5 heteroatoms. The predicted octanol–water partition coefficient (Wildman–Crippen LogP) is 2.31. The van der Waals surface area contributed by atoms with Gasteiger partial charge in [-0.1, -0.05) is 12.2 Å². The third-order valence-electron chi connectivity index (χ3n) is 1.76. The van der Waals surface area contributed by atoms with Gasteiger partial charge >= 0.3 is 8.25 Å². The Morgan fingerprint density at radius 1 is 1.50 bits per heavy atom. The lowest BCUT2D eigenvalue weighted by atomic mass is 9.84. The molecule has 0 aromatic heterocycles. The number of hydrogen-bond acceptors (Lipinski definition) is 3. The summed E-state index contributed by atoms with van der Waals surface area (Å²) >= 11 is 0. The van der Waals surface area contributed by atoms with Crippen LogP contribution in [0.3, 0.4) is 0 Å². The van der Waals surface area contributed by atoms with Gasteiger partial charge in [0.25, 0.3) is 0 Å². The van der Waals surface area contributed by atoms with Gasteiger partial charge in [0.1, 0.15) is 6.61 Å². The summed E-state index contributed by atoms with van der Waals surface area (Å²) < 4.78 is 14.9. The summed E-state index contributed by atoms with van der Waals surface area (Å²) in [5.41, 5.74) is -0.822. The zero-order valence-corrected chi connectivity index (χ0v) is 8.74. The minimum Gasteiger partial charge on any atom is -0.198 e. The van der Waals surface area contributed by atoms with Crippen LogP contribution in [0.5, 0.6) is 0 Å². The zero-order chi connectivity index (χ0) is 11.0. The van der Waals surface area contributed by atoms with Crippen molar-refractivity contribution in [2.75, 3.05) is 6.61 Å². The largest absolute Gasteiger partial charge is 0.694 e. The Morgan fingerprint density at radius 2 is 2.00 bits per heavy atom. The first-order chi connectivity index (χ1) is 6.60. The molecule has 4 nitrogen and oxygen atoms in total. The van der Waals surface area contributed by atoms with E-state index in [1.165, 1.54) is 0 Å². The first-order valence-electron chi connectivity index (χ1n) is 4.02. The molecule has 0 rings (SSSR count). The smallest absolute Gasteiger partial charge is 0.198 e. The van der Waals surface area contributed by atoms with E-state index in [0.29, 0.717) is 12.8 Å². The summed E-state index contributed by atoms with van der Waals surface area (Å²) in [5, 5.41) is 8.95. The Kier molecular flexibility index (Phi) is 5.98. The standard InChI is InChI=1S/C9H12NO3P/c1-3-5-9(7-10,6-4-2)8-13-14(11)12/h3-4H,1-2,5-6,8H2/p+1.